The number of carbonyl (C=O) groups is 1. The van der Waals surface area contributed by atoms with Crippen molar-refractivity contribution in [1.82, 2.24) is 0 Å². The number of allylic oxidation sites excluding steroid dienone is 5. The van der Waals surface area contributed by atoms with E-state index >= 15 is 0 Å². The van der Waals surface area contributed by atoms with Gasteiger partial charge in [-0.3, -0.25) is 0 Å². The van der Waals surface area contributed by atoms with E-state index in [1.54, 1.807) is 6.92 Å². The van der Waals surface area contributed by atoms with E-state index in [0.717, 1.165) is 12.0 Å². The zero-order valence-corrected chi connectivity index (χ0v) is 10.9. The minimum Gasteiger partial charge on any atom is -0.478 e. The normalized spacial score (nSPS) is 13.9. The summed E-state index contributed by atoms with van der Waals surface area (Å²) in [6.45, 7) is 10.3. The zero-order chi connectivity index (χ0) is 12.7. The van der Waals surface area contributed by atoms with Crippen LogP contribution in [0.1, 0.15) is 41.0 Å². The zero-order valence-electron chi connectivity index (χ0n) is 10.9. The van der Waals surface area contributed by atoms with Gasteiger partial charge in [-0.2, -0.15) is 0 Å². The molecule has 90 valence electrons. The van der Waals surface area contributed by atoms with E-state index in [1.807, 2.05) is 6.08 Å². The fourth-order valence-corrected chi connectivity index (χ4v) is 1.31. The first-order chi connectivity index (χ1) is 7.32. The van der Waals surface area contributed by atoms with Crippen molar-refractivity contribution in [1.29, 1.82) is 0 Å². The maximum Gasteiger partial charge on any atom is 0.328 e. The summed E-state index contributed by atoms with van der Waals surface area (Å²) >= 11 is 0. The molecule has 1 N–H and O–H groups in total. The van der Waals surface area contributed by atoms with Crippen LogP contribution < -0.4 is 0 Å². The average molecular weight is 222 g/mol. The summed E-state index contributed by atoms with van der Waals surface area (Å²) in [7, 11) is 0. The van der Waals surface area contributed by atoms with E-state index in [4.69, 9.17) is 5.11 Å². The number of rotatable bonds is 5. The Bertz CT molecular complexity index is 329. The molecule has 1 atom stereocenters. The molecular formula is C14H22O2. The SMILES string of the molecule is CC(C=CC(C)CC(C)=C(C)C)=CC(=O)O. The molecule has 0 aromatic rings. The van der Waals surface area contributed by atoms with Crippen molar-refractivity contribution in [3.63, 3.8) is 0 Å². The third-order valence-corrected chi connectivity index (χ3v) is 2.52. The second kappa shape index (κ2) is 7.04. The molecule has 0 aliphatic carbocycles. The minimum atomic E-state index is -0.893. The van der Waals surface area contributed by atoms with Gasteiger partial charge in [0.2, 0.25) is 0 Å². The molecule has 0 aliphatic heterocycles. The highest BCUT2D eigenvalue weighted by molar-refractivity contribution is 5.81. The Labute approximate surface area is 98.4 Å². The fraction of sp³-hybridized carbons (Fsp3) is 0.500. The summed E-state index contributed by atoms with van der Waals surface area (Å²) in [6, 6.07) is 0. The van der Waals surface area contributed by atoms with Crippen molar-refractivity contribution in [3.8, 4) is 0 Å². The summed E-state index contributed by atoms with van der Waals surface area (Å²) in [5.41, 5.74) is 3.53. The van der Waals surface area contributed by atoms with Crippen LogP contribution in [0.2, 0.25) is 0 Å². The van der Waals surface area contributed by atoms with Crippen LogP contribution in [0.15, 0.2) is 34.9 Å². The maximum absolute atomic E-state index is 10.4. The number of carboxylic acids is 1. The topological polar surface area (TPSA) is 37.3 Å². The predicted octanol–water partition coefficient (Wildman–Crippen LogP) is 3.96. The number of hydrogen-bond acceptors (Lipinski definition) is 1. The Morgan fingerprint density at radius 1 is 1.25 bits per heavy atom. The molecule has 0 amide bonds. The average Bonchev–Trinajstić information content (AvgIpc) is 2.13. The van der Waals surface area contributed by atoms with E-state index in [2.05, 4.69) is 33.8 Å². The van der Waals surface area contributed by atoms with Gasteiger partial charge < -0.3 is 5.11 Å². The summed E-state index contributed by atoms with van der Waals surface area (Å²) in [5.74, 6) is -0.456. The van der Waals surface area contributed by atoms with Gasteiger partial charge in [-0.05, 0) is 45.6 Å². The van der Waals surface area contributed by atoms with Crippen LogP contribution in [0.25, 0.3) is 0 Å². The lowest BCUT2D eigenvalue weighted by Crippen LogP contribution is -1.93. The van der Waals surface area contributed by atoms with Crippen LogP contribution >= 0.6 is 0 Å². The molecule has 2 heteroatoms. The molecule has 0 aliphatic rings. The lowest BCUT2D eigenvalue weighted by Gasteiger charge is -2.08. The van der Waals surface area contributed by atoms with E-state index in [-0.39, 0.29) is 0 Å². The molecule has 0 heterocycles. The summed E-state index contributed by atoms with van der Waals surface area (Å²) in [6.07, 6.45) is 6.18. The lowest BCUT2D eigenvalue weighted by molar-refractivity contribution is -0.131. The van der Waals surface area contributed by atoms with Gasteiger partial charge in [0, 0.05) is 6.08 Å². The number of aliphatic carboxylic acids is 1. The molecule has 0 aromatic heterocycles. The molecule has 1 unspecified atom stereocenters. The molecule has 0 aromatic carbocycles. The van der Waals surface area contributed by atoms with Gasteiger partial charge in [0.1, 0.15) is 0 Å². The second-order valence-electron chi connectivity index (χ2n) is 4.55. The Morgan fingerprint density at radius 2 is 1.81 bits per heavy atom. The molecule has 0 spiro atoms. The summed E-state index contributed by atoms with van der Waals surface area (Å²) < 4.78 is 0. The molecule has 0 radical (unpaired) electrons. The summed E-state index contributed by atoms with van der Waals surface area (Å²) in [4.78, 5) is 10.4. The van der Waals surface area contributed by atoms with Gasteiger partial charge in [0.25, 0.3) is 0 Å². The van der Waals surface area contributed by atoms with Gasteiger partial charge >= 0.3 is 5.97 Å². The molecular weight excluding hydrogens is 200 g/mol. The van der Waals surface area contributed by atoms with E-state index in [9.17, 15) is 4.79 Å². The molecule has 0 saturated heterocycles. The van der Waals surface area contributed by atoms with E-state index in [1.165, 1.54) is 17.2 Å². The van der Waals surface area contributed by atoms with Gasteiger partial charge in [-0.15, -0.1) is 0 Å². The third-order valence-electron chi connectivity index (χ3n) is 2.52. The number of hydrogen-bond donors (Lipinski definition) is 1. The van der Waals surface area contributed by atoms with Gasteiger partial charge in [0.05, 0.1) is 0 Å². The highest BCUT2D eigenvalue weighted by Gasteiger charge is 2.00. The Balaban J connectivity index is 4.36. The first-order valence-electron chi connectivity index (χ1n) is 5.55. The van der Waals surface area contributed by atoms with Crippen LogP contribution in [-0.2, 0) is 4.79 Å². The van der Waals surface area contributed by atoms with E-state index in [0.29, 0.717) is 5.92 Å². The van der Waals surface area contributed by atoms with E-state index < -0.39 is 5.97 Å². The minimum absolute atomic E-state index is 0.437. The molecule has 0 fully saturated rings. The third kappa shape index (κ3) is 7.04. The smallest absolute Gasteiger partial charge is 0.328 e. The van der Waals surface area contributed by atoms with Crippen molar-refractivity contribution < 1.29 is 9.90 Å². The molecule has 0 rings (SSSR count). The first-order valence-corrected chi connectivity index (χ1v) is 5.55. The van der Waals surface area contributed by atoms with Crippen molar-refractivity contribution in [2.75, 3.05) is 0 Å². The first kappa shape index (κ1) is 14.7. The van der Waals surface area contributed by atoms with Crippen LogP contribution in [0.3, 0.4) is 0 Å². The van der Waals surface area contributed by atoms with Crippen molar-refractivity contribution in [2.45, 2.75) is 41.0 Å². The van der Waals surface area contributed by atoms with Crippen molar-refractivity contribution >= 4 is 5.97 Å². The summed E-state index contributed by atoms with van der Waals surface area (Å²) in [5, 5.41) is 8.55. The Kier molecular flexibility index (Phi) is 6.47. The van der Waals surface area contributed by atoms with Crippen LogP contribution in [0, 0.1) is 5.92 Å². The Hall–Kier alpha value is -1.31. The highest BCUT2D eigenvalue weighted by atomic mass is 16.4. The predicted molar refractivity (Wildman–Crippen MR) is 68.4 cm³/mol. The van der Waals surface area contributed by atoms with Gasteiger partial charge in [-0.1, -0.05) is 30.2 Å². The van der Waals surface area contributed by atoms with Gasteiger partial charge in [-0.25, -0.2) is 4.79 Å². The second-order valence-corrected chi connectivity index (χ2v) is 4.55. The molecule has 2 nitrogen and oxygen atoms in total. The standard InChI is InChI=1S/C14H22O2/c1-10(2)13(5)8-11(3)6-7-12(4)9-14(15)16/h6-7,9,11H,8H2,1-5H3,(H,15,16). The van der Waals surface area contributed by atoms with Crippen molar-refractivity contribution in [3.05, 3.63) is 34.9 Å². The van der Waals surface area contributed by atoms with Crippen LogP contribution in [-0.4, -0.2) is 11.1 Å². The van der Waals surface area contributed by atoms with Crippen LogP contribution in [0.4, 0.5) is 0 Å². The molecule has 0 saturated carbocycles. The number of carboxylic acid groups (broad SMARTS) is 1. The largest absolute Gasteiger partial charge is 0.478 e. The molecule has 0 bridgehead atoms. The molecule has 16 heavy (non-hydrogen) atoms. The quantitative estimate of drug-likeness (QED) is 0.434. The fourth-order valence-electron chi connectivity index (χ4n) is 1.31. The van der Waals surface area contributed by atoms with Crippen molar-refractivity contribution in [2.24, 2.45) is 5.92 Å². The highest BCUT2D eigenvalue weighted by Crippen LogP contribution is 2.16. The lowest BCUT2D eigenvalue weighted by atomic mass is 9.98. The van der Waals surface area contributed by atoms with Gasteiger partial charge in [0.15, 0.2) is 0 Å². The maximum atomic E-state index is 10.4. The Morgan fingerprint density at radius 3 is 2.25 bits per heavy atom. The van der Waals surface area contributed by atoms with Crippen LogP contribution in [0.5, 0.6) is 0 Å². The monoisotopic (exact) mass is 222 g/mol.